The van der Waals surface area contributed by atoms with E-state index in [0.717, 1.165) is 35.4 Å². The van der Waals surface area contributed by atoms with E-state index in [1.54, 1.807) is 16.7 Å². The number of thioether (sulfide) groups is 1. The summed E-state index contributed by atoms with van der Waals surface area (Å²) in [7, 11) is 0. The summed E-state index contributed by atoms with van der Waals surface area (Å²) in [5.41, 5.74) is 0.101. The van der Waals surface area contributed by atoms with Crippen molar-refractivity contribution >= 4 is 56.8 Å². The largest absolute Gasteiger partial charge is 0.379 e. The molecular weight excluding hydrogens is 476 g/mol. The molecule has 5 nitrogen and oxygen atoms in total. The highest BCUT2D eigenvalue weighted by Gasteiger charge is 2.22. The Hall–Kier alpha value is -1.78. The van der Waals surface area contributed by atoms with Crippen molar-refractivity contribution in [3.63, 3.8) is 0 Å². The number of benzene rings is 2. The third kappa shape index (κ3) is 6.39. The fourth-order valence-corrected chi connectivity index (χ4v) is 5.27. The topological polar surface area (TPSA) is 45.7 Å². The van der Waals surface area contributed by atoms with E-state index in [1.807, 2.05) is 30.3 Å². The second-order valence-corrected chi connectivity index (χ2v) is 9.32. The maximum atomic E-state index is 14.2. The molecule has 0 saturated carbocycles. The fourth-order valence-electron chi connectivity index (χ4n) is 3.36. The highest BCUT2D eigenvalue weighted by molar-refractivity contribution is 7.99. The van der Waals surface area contributed by atoms with Gasteiger partial charge < -0.3 is 4.74 Å². The van der Waals surface area contributed by atoms with Crippen molar-refractivity contribution in [2.24, 2.45) is 0 Å². The Balaban J connectivity index is 0.00000289. The average molecular weight is 500 g/mol. The molecule has 0 bridgehead atoms. The normalized spacial score (nSPS) is 14.3. The molecule has 4 rings (SSSR count). The molecule has 1 saturated heterocycles. The van der Waals surface area contributed by atoms with Gasteiger partial charge in [-0.05, 0) is 18.2 Å². The second-order valence-electron chi connectivity index (χ2n) is 7.14. The molecule has 10 heteroatoms. The van der Waals surface area contributed by atoms with Crippen molar-refractivity contribution in [1.29, 1.82) is 0 Å². The van der Waals surface area contributed by atoms with Crippen LogP contribution >= 0.6 is 35.5 Å². The number of carbonyl (C=O) groups excluding carboxylic acids is 1. The maximum absolute atomic E-state index is 14.2. The lowest BCUT2D eigenvalue weighted by atomic mass is 10.3. The molecule has 1 aliphatic heterocycles. The van der Waals surface area contributed by atoms with E-state index in [0.29, 0.717) is 48.3 Å². The molecule has 0 spiro atoms. The molecule has 32 heavy (non-hydrogen) atoms. The molecule has 1 fully saturated rings. The first-order valence-corrected chi connectivity index (χ1v) is 11.9. The van der Waals surface area contributed by atoms with E-state index >= 15 is 0 Å². The first-order chi connectivity index (χ1) is 15.1. The lowest BCUT2D eigenvalue weighted by molar-refractivity contribution is -0.118. The smallest absolute Gasteiger partial charge is 0.229 e. The van der Waals surface area contributed by atoms with Gasteiger partial charge in [0.25, 0.3) is 0 Å². The quantitative estimate of drug-likeness (QED) is 0.415. The van der Waals surface area contributed by atoms with E-state index in [4.69, 9.17) is 4.74 Å². The summed E-state index contributed by atoms with van der Waals surface area (Å²) in [5.74, 6) is -0.801. The number of hydrogen-bond donors (Lipinski definition) is 0. The molecular formula is C22H24ClF2N3O2S2. The number of amides is 1. The number of nitrogens with zero attached hydrogens (tertiary/aromatic N) is 3. The standard InChI is InChI=1S/C22H23F2N3O2S2.ClH/c23-16-14-18(24)21-19(15-16)31-22(25-21)27(8-7-26-9-11-29-12-10-26)20(28)6-13-30-17-4-2-1-3-5-17;/h1-5,14-15H,6-13H2;1H. The molecule has 0 aliphatic carbocycles. The van der Waals surface area contributed by atoms with E-state index in [2.05, 4.69) is 9.88 Å². The number of halogens is 3. The number of anilines is 1. The predicted octanol–water partition coefficient (Wildman–Crippen LogP) is 4.84. The number of carbonyl (C=O) groups is 1. The number of hydrogen-bond acceptors (Lipinski definition) is 6. The van der Waals surface area contributed by atoms with Gasteiger partial charge in [-0.1, -0.05) is 29.5 Å². The summed E-state index contributed by atoms with van der Waals surface area (Å²) < 4.78 is 33.6. The summed E-state index contributed by atoms with van der Waals surface area (Å²) in [6, 6.07) is 12.0. The average Bonchev–Trinajstić information content (AvgIpc) is 3.19. The van der Waals surface area contributed by atoms with Crippen molar-refractivity contribution in [3.05, 3.63) is 54.1 Å². The van der Waals surface area contributed by atoms with Gasteiger partial charge in [-0.2, -0.15) is 0 Å². The Morgan fingerprint density at radius 2 is 1.94 bits per heavy atom. The van der Waals surface area contributed by atoms with Crippen LogP contribution in [0.5, 0.6) is 0 Å². The highest BCUT2D eigenvalue weighted by Crippen LogP contribution is 2.32. The Kier molecular flexibility index (Phi) is 9.24. The number of rotatable bonds is 8. The van der Waals surface area contributed by atoms with Crippen LogP contribution in [0.3, 0.4) is 0 Å². The van der Waals surface area contributed by atoms with Gasteiger partial charge in [0.05, 0.1) is 17.9 Å². The molecule has 2 heterocycles. The number of ether oxygens (including phenoxy) is 1. The monoisotopic (exact) mass is 499 g/mol. The molecule has 1 aromatic heterocycles. The minimum atomic E-state index is -0.710. The molecule has 1 aliphatic rings. The first kappa shape index (κ1) is 24.9. The van der Waals surface area contributed by atoms with Gasteiger partial charge in [0, 0.05) is 49.3 Å². The van der Waals surface area contributed by atoms with Crippen LogP contribution in [0.15, 0.2) is 47.4 Å². The Morgan fingerprint density at radius 3 is 2.69 bits per heavy atom. The summed E-state index contributed by atoms with van der Waals surface area (Å²) in [6.07, 6.45) is 0.329. The first-order valence-electron chi connectivity index (χ1n) is 10.1. The fraction of sp³-hybridized carbons (Fsp3) is 0.364. The minimum absolute atomic E-state index is 0. The Labute approximate surface area is 200 Å². The van der Waals surface area contributed by atoms with E-state index in [-0.39, 0.29) is 23.8 Å². The molecule has 2 aromatic carbocycles. The van der Waals surface area contributed by atoms with Gasteiger partial charge in [0.1, 0.15) is 11.3 Å². The van der Waals surface area contributed by atoms with Crippen LogP contribution in [-0.2, 0) is 9.53 Å². The zero-order valence-corrected chi connectivity index (χ0v) is 19.8. The van der Waals surface area contributed by atoms with Gasteiger partial charge in [0.15, 0.2) is 10.9 Å². The van der Waals surface area contributed by atoms with Gasteiger partial charge in [0.2, 0.25) is 5.91 Å². The minimum Gasteiger partial charge on any atom is -0.379 e. The van der Waals surface area contributed by atoms with Crippen molar-refractivity contribution < 1.29 is 18.3 Å². The zero-order chi connectivity index (χ0) is 21.6. The van der Waals surface area contributed by atoms with Crippen LogP contribution in [0.1, 0.15) is 6.42 Å². The molecule has 0 atom stereocenters. The van der Waals surface area contributed by atoms with Gasteiger partial charge >= 0.3 is 0 Å². The lowest BCUT2D eigenvalue weighted by Crippen LogP contribution is -2.43. The Morgan fingerprint density at radius 1 is 1.19 bits per heavy atom. The molecule has 172 valence electrons. The zero-order valence-electron chi connectivity index (χ0n) is 17.3. The number of morpholine rings is 1. The van der Waals surface area contributed by atoms with Crippen LogP contribution in [0.25, 0.3) is 10.2 Å². The van der Waals surface area contributed by atoms with Crippen molar-refractivity contribution in [1.82, 2.24) is 9.88 Å². The molecule has 0 N–H and O–H groups in total. The molecule has 1 amide bonds. The number of thiazole rings is 1. The van der Waals surface area contributed by atoms with Gasteiger partial charge in [-0.3, -0.25) is 14.6 Å². The van der Waals surface area contributed by atoms with Crippen LogP contribution in [0.2, 0.25) is 0 Å². The van der Waals surface area contributed by atoms with Crippen molar-refractivity contribution in [2.75, 3.05) is 50.0 Å². The summed E-state index contributed by atoms with van der Waals surface area (Å²) in [4.78, 5) is 22.4. The van der Waals surface area contributed by atoms with Crippen molar-refractivity contribution in [3.8, 4) is 0 Å². The summed E-state index contributed by atoms with van der Waals surface area (Å²) in [5, 5.41) is 0.405. The molecule has 0 unspecified atom stereocenters. The number of aromatic nitrogens is 1. The highest BCUT2D eigenvalue weighted by atomic mass is 35.5. The van der Waals surface area contributed by atoms with Gasteiger partial charge in [-0.25, -0.2) is 13.8 Å². The van der Waals surface area contributed by atoms with E-state index in [9.17, 15) is 13.6 Å². The predicted molar refractivity (Wildman–Crippen MR) is 128 cm³/mol. The van der Waals surface area contributed by atoms with Crippen LogP contribution in [0.4, 0.5) is 13.9 Å². The molecule has 3 aromatic rings. The third-order valence-electron chi connectivity index (χ3n) is 5.01. The van der Waals surface area contributed by atoms with Crippen LogP contribution in [-0.4, -0.2) is 60.9 Å². The lowest BCUT2D eigenvalue weighted by Gasteiger charge is -2.29. The number of fused-ring (bicyclic) bond motifs is 1. The molecule has 0 radical (unpaired) electrons. The van der Waals surface area contributed by atoms with Crippen LogP contribution in [0, 0.1) is 11.6 Å². The second kappa shape index (κ2) is 11.9. The SMILES string of the molecule is Cl.O=C(CCSc1ccccc1)N(CCN1CCOCC1)c1nc2c(F)cc(F)cc2s1. The van der Waals surface area contributed by atoms with Gasteiger partial charge in [-0.15, -0.1) is 24.2 Å². The van der Waals surface area contributed by atoms with E-state index in [1.165, 1.54) is 6.07 Å². The maximum Gasteiger partial charge on any atom is 0.229 e. The third-order valence-corrected chi connectivity index (χ3v) is 7.04. The van der Waals surface area contributed by atoms with Crippen LogP contribution < -0.4 is 4.90 Å². The summed E-state index contributed by atoms with van der Waals surface area (Å²) >= 11 is 2.76. The van der Waals surface area contributed by atoms with Crippen molar-refractivity contribution in [2.45, 2.75) is 11.3 Å². The summed E-state index contributed by atoms with van der Waals surface area (Å²) in [6.45, 7) is 4.09. The van der Waals surface area contributed by atoms with E-state index < -0.39 is 11.6 Å². The Bertz CT molecular complexity index is 1030.